The maximum absolute atomic E-state index is 12.1. The van der Waals surface area contributed by atoms with Crippen LogP contribution in [0.15, 0.2) is 22.7 Å². The highest BCUT2D eigenvalue weighted by Gasteiger charge is 2.32. The van der Waals surface area contributed by atoms with Gasteiger partial charge in [0.15, 0.2) is 0 Å². The van der Waals surface area contributed by atoms with Crippen LogP contribution < -0.4 is 9.47 Å². The number of benzene rings is 1. The first-order valence-corrected chi connectivity index (χ1v) is 7.07. The van der Waals surface area contributed by atoms with Gasteiger partial charge in [0.05, 0.1) is 11.1 Å². The molecule has 1 unspecified atom stereocenters. The number of hydrogen-bond acceptors (Lipinski definition) is 3. The van der Waals surface area contributed by atoms with Crippen LogP contribution in [-0.2, 0) is 0 Å². The molecular weight excluding hydrogens is 345 g/mol. The van der Waals surface area contributed by atoms with Crippen LogP contribution in [0.5, 0.6) is 11.5 Å². The van der Waals surface area contributed by atoms with E-state index in [1.807, 2.05) is 6.92 Å². The molecule has 0 aliphatic heterocycles. The Morgan fingerprint density at radius 3 is 2.53 bits per heavy atom. The van der Waals surface area contributed by atoms with Crippen molar-refractivity contribution in [3.8, 4) is 11.5 Å². The lowest BCUT2D eigenvalue weighted by Gasteiger charge is -2.15. The van der Waals surface area contributed by atoms with Crippen molar-refractivity contribution in [1.29, 1.82) is 0 Å². The quantitative estimate of drug-likeness (QED) is 0.744. The highest BCUT2D eigenvalue weighted by molar-refractivity contribution is 9.10. The summed E-state index contributed by atoms with van der Waals surface area (Å²) in [5.41, 5.74) is 0. The van der Waals surface area contributed by atoms with Gasteiger partial charge in [-0.05, 0) is 46.3 Å². The summed E-state index contributed by atoms with van der Waals surface area (Å²) < 4.78 is 45.8. The summed E-state index contributed by atoms with van der Waals surface area (Å²) in [5, 5.41) is 0. The lowest BCUT2D eigenvalue weighted by Crippen LogP contribution is -2.17. The van der Waals surface area contributed by atoms with E-state index in [2.05, 4.69) is 33.3 Å². The third-order valence-corrected chi connectivity index (χ3v) is 3.59. The van der Waals surface area contributed by atoms with Gasteiger partial charge in [-0.1, -0.05) is 6.92 Å². The van der Waals surface area contributed by atoms with Gasteiger partial charge in [-0.2, -0.15) is 12.6 Å². The van der Waals surface area contributed by atoms with Crippen molar-refractivity contribution in [2.24, 2.45) is 5.92 Å². The van der Waals surface area contributed by atoms with Crippen LogP contribution in [0, 0.1) is 5.92 Å². The van der Waals surface area contributed by atoms with E-state index in [-0.39, 0.29) is 10.2 Å². The van der Waals surface area contributed by atoms with Crippen LogP contribution in [0.25, 0.3) is 0 Å². The van der Waals surface area contributed by atoms with Gasteiger partial charge in [-0.15, -0.1) is 13.2 Å². The Bertz CT molecular complexity index is 408. The van der Waals surface area contributed by atoms with Crippen LogP contribution >= 0.6 is 28.6 Å². The van der Waals surface area contributed by atoms with E-state index >= 15 is 0 Å². The minimum Gasteiger partial charge on any atom is -0.493 e. The fraction of sp³-hybridized carbons (Fsp3) is 0.500. The number of rotatable bonds is 6. The summed E-state index contributed by atoms with van der Waals surface area (Å²) in [6, 6.07) is 4.11. The minimum absolute atomic E-state index is 0.196. The van der Waals surface area contributed by atoms with Crippen LogP contribution in [-0.4, -0.2) is 18.7 Å². The molecule has 1 rings (SSSR count). The van der Waals surface area contributed by atoms with Gasteiger partial charge >= 0.3 is 6.36 Å². The molecular formula is C12H14BrF3O2S. The smallest absolute Gasteiger partial charge is 0.493 e. The van der Waals surface area contributed by atoms with Gasteiger partial charge in [0, 0.05) is 5.92 Å². The molecule has 0 saturated carbocycles. The molecule has 1 aromatic carbocycles. The molecule has 0 heterocycles. The third-order valence-electron chi connectivity index (χ3n) is 2.45. The van der Waals surface area contributed by atoms with Gasteiger partial charge in [-0.3, -0.25) is 0 Å². The monoisotopic (exact) mass is 358 g/mol. The Morgan fingerprint density at radius 2 is 2.05 bits per heavy atom. The summed E-state index contributed by atoms with van der Waals surface area (Å²) >= 11 is 7.21. The van der Waals surface area contributed by atoms with Crippen molar-refractivity contribution < 1.29 is 22.6 Å². The first-order valence-electron chi connectivity index (χ1n) is 5.64. The number of thiol groups is 1. The lowest BCUT2D eigenvalue weighted by atomic mass is 10.1. The van der Waals surface area contributed by atoms with E-state index in [9.17, 15) is 13.2 Å². The zero-order valence-electron chi connectivity index (χ0n) is 10.2. The highest BCUT2D eigenvalue weighted by atomic mass is 79.9. The summed E-state index contributed by atoms with van der Waals surface area (Å²) in [4.78, 5) is 0. The molecule has 0 spiro atoms. The topological polar surface area (TPSA) is 18.5 Å². The fourth-order valence-electron chi connectivity index (χ4n) is 1.29. The average Bonchev–Trinajstić information content (AvgIpc) is 2.32. The largest absolute Gasteiger partial charge is 0.573 e. The molecule has 2 nitrogen and oxygen atoms in total. The SMILES string of the molecule is CCC(CS)COc1ccc(OC(F)(F)F)c(Br)c1. The van der Waals surface area contributed by atoms with Gasteiger partial charge in [0.2, 0.25) is 0 Å². The van der Waals surface area contributed by atoms with E-state index in [1.165, 1.54) is 18.2 Å². The second kappa shape index (κ2) is 7.28. The molecule has 7 heteroatoms. The second-order valence-electron chi connectivity index (χ2n) is 3.91. The van der Waals surface area contributed by atoms with Crippen molar-refractivity contribution in [1.82, 2.24) is 0 Å². The van der Waals surface area contributed by atoms with Crippen molar-refractivity contribution in [2.45, 2.75) is 19.7 Å². The second-order valence-corrected chi connectivity index (χ2v) is 5.13. The van der Waals surface area contributed by atoms with Gasteiger partial charge in [-0.25, -0.2) is 0 Å². The molecule has 0 aromatic heterocycles. The summed E-state index contributed by atoms with van der Waals surface area (Å²) in [6.45, 7) is 2.51. The number of ether oxygens (including phenoxy) is 2. The maximum Gasteiger partial charge on any atom is 0.573 e. The summed E-state index contributed by atoms with van der Waals surface area (Å²) in [6.07, 6.45) is -3.77. The standard InChI is InChI=1S/C12H14BrF3O2S/c1-2-8(7-19)6-17-9-3-4-11(10(13)5-9)18-12(14,15)16/h3-5,8,19H,2,6-7H2,1H3. The molecule has 0 aliphatic carbocycles. The Morgan fingerprint density at radius 1 is 1.37 bits per heavy atom. The average molecular weight is 359 g/mol. The van der Waals surface area contributed by atoms with Gasteiger partial charge in [0.25, 0.3) is 0 Å². The van der Waals surface area contributed by atoms with Crippen LogP contribution in [0.2, 0.25) is 0 Å². The van der Waals surface area contributed by atoms with Crippen LogP contribution in [0.4, 0.5) is 13.2 Å². The maximum atomic E-state index is 12.1. The van der Waals surface area contributed by atoms with E-state index < -0.39 is 6.36 Å². The number of alkyl halides is 3. The molecule has 0 radical (unpaired) electrons. The molecule has 0 aliphatic rings. The summed E-state index contributed by atoms with van der Waals surface area (Å²) in [7, 11) is 0. The summed E-state index contributed by atoms with van der Waals surface area (Å²) in [5.74, 6) is 1.21. The van der Waals surface area contributed by atoms with E-state index in [0.29, 0.717) is 24.0 Å². The molecule has 0 amide bonds. The Balaban J connectivity index is 2.66. The molecule has 0 fully saturated rings. The highest BCUT2D eigenvalue weighted by Crippen LogP contribution is 2.33. The molecule has 1 atom stereocenters. The van der Waals surface area contributed by atoms with E-state index in [4.69, 9.17) is 4.74 Å². The normalized spacial score (nSPS) is 13.2. The van der Waals surface area contributed by atoms with Crippen molar-refractivity contribution in [2.75, 3.05) is 12.4 Å². The zero-order valence-corrected chi connectivity index (χ0v) is 12.7. The first kappa shape index (κ1) is 16.5. The van der Waals surface area contributed by atoms with E-state index in [0.717, 1.165) is 6.42 Å². The molecule has 19 heavy (non-hydrogen) atoms. The first-order chi connectivity index (χ1) is 8.85. The number of hydrogen-bond donors (Lipinski definition) is 1. The minimum atomic E-state index is -4.70. The zero-order chi connectivity index (χ0) is 14.5. The number of halogens is 4. The van der Waals surface area contributed by atoms with Crippen molar-refractivity contribution >= 4 is 28.6 Å². The van der Waals surface area contributed by atoms with Crippen molar-refractivity contribution in [3.05, 3.63) is 22.7 Å². The molecule has 0 N–H and O–H groups in total. The fourth-order valence-corrected chi connectivity index (χ4v) is 2.09. The lowest BCUT2D eigenvalue weighted by molar-refractivity contribution is -0.274. The Hall–Kier alpha value is -0.560. The Kier molecular flexibility index (Phi) is 6.32. The molecule has 0 bridgehead atoms. The van der Waals surface area contributed by atoms with Gasteiger partial charge < -0.3 is 9.47 Å². The van der Waals surface area contributed by atoms with Crippen LogP contribution in [0.3, 0.4) is 0 Å². The van der Waals surface area contributed by atoms with Crippen LogP contribution in [0.1, 0.15) is 13.3 Å². The van der Waals surface area contributed by atoms with E-state index in [1.54, 1.807) is 0 Å². The molecule has 1 aromatic rings. The predicted octanol–water partition coefficient (Wildman–Crippen LogP) is 4.68. The van der Waals surface area contributed by atoms with Crippen molar-refractivity contribution in [3.63, 3.8) is 0 Å². The van der Waals surface area contributed by atoms with Gasteiger partial charge in [0.1, 0.15) is 11.5 Å². The molecule has 108 valence electrons. The third kappa shape index (κ3) is 5.95. The predicted molar refractivity (Wildman–Crippen MR) is 74.0 cm³/mol. The molecule has 0 saturated heterocycles. The Labute approximate surface area is 123 Å².